The lowest BCUT2D eigenvalue weighted by Crippen LogP contribution is -3.00. The summed E-state index contributed by atoms with van der Waals surface area (Å²) in [6, 6.07) is 8.22. The Labute approximate surface area is 139 Å². The molecule has 0 spiro atoms. The minimum Gasteiger partial charge on any atom is -0.334 e. The second-order valence-corrected chi connectivity index (χ2v) is 8.29. The molecule has 4 saturated carbocycles. The minimum atomic E-state index is 0.144. The van der Waals surface area contributed by atoms with Gasteiger partial charge >= 0.3 is 0 Å². The van der Waals surface area contributed by atoms with E-state index in [0.717, 1.165) is 29.9 Å². The lowest BCUT2D eigenvalue weighted by atomic mass is 9.53. The summed E-state index contributed by atoms with van der Waals surface area (Å²) in [5, 5.41) is 5.44. The van der Waals surface area contributed by atoms with Gasteiger partial charge < -0.3 is 10.6 Å². The van der Waals surface area contributed by atoms with E-state index in [4.69, 9.17) is 0 Å². The highest BCUT2D eigenvalue weighted by Crippen LogP contribution is 2.54. The number of nitrogens with two attached hydrogens (primary N) is 1. The smallest absolute Gasteiger partial charge is 0.279 e. The zero-order chi connectivity index (χ0) is 15.9. The quantitative estimate of drug-likeness (QED) is 0.862. The monoisotopic (exact) mass is 313 g/mol. The third-order valence-electron chi connectivity index (χ3n) is 6.45. The molecule has 4 fully saturated rings. The third-order valence-corrected chi connectivity index (χ3v) is 6.45. The maximum Gasteiger partial charge on any atom is 0.279 e. The van der Waals surface area contributed by atoms with Crippen LogP contribution in [0.3, 0.4) is 0 Å². The number of anilines is 1. The van der Waals surface area contributed by atoms with Crippen LogP contribution in [0.25, 0.3) is 0 Å². The molecule has 23 heavy (non-hydrogen) atoms. The number of quaternary nitrogens is 1. The predicted molar refractivity (Wildman–Crippen MR) is 92.1 cm³/mol. The van der Waals surface area contributed by atoms with Gasteiger partial charge in [0.15, 0.2) is 6.54 Å². The molecule has 0 aliphatic heterocycles. The summed E-state index contributed by atoms with van der Waals surface area (Å²) in [5.41, 5.74) is 2.62. The van der Waals surface area contributed by atoms with E-state index < -0.39 is 0 Å². The number of amides is 1. The van der Waals surface area contributed by atoms with Gasteiger partial charge in [-0.25, -0.2) is 0 Å². The fourth-order valence-electron chi connectivity index (χ4n) is 5.77. The van der Waals surface area contributed by atoms with Crippen LogP contribution in [0.2, 0.25) is 0 Å². The average molecular weight is 313 g/mol. The van der Waals surface area contributed by atoms with Crippen LogP contribution in [-0.2, 0) is 11.2 Å². The molecule has 4 aliphatic rings. The second-order valence-electron chi connectivity index (χ2n) is 8.29. The molecule has 0 heterocycles. The molecule has 0 unspecified atom stereocenters. The Bertz CT molecular complexity index is 543. The number of carbonyl (C=O) groups excluding carboxylic acids is 1. The average Bonchev–Trinajstić information content (AvgIpc) is 2.53. The fraction of sp³-hybridized carbons (Fsp3) is 0.650. The molecule has 3 N–H and O–H groups in total. The minimum absolute atomic E-state index is 0.144. The van der Waals surface area contributed by atoms with Gasteiger partial charge in [-0.05, 0) is 61.1 Å². The van der Waals surface area contributed by atoms with Gasteiger partial charge in [0.1, 0.15) is 0 Å². The number of benzene rings is 1. The standard InChI is InChI=1S/C20H28N2O/c1-2-14-3-5-18(6-4-14)22-19(23)13-21-20-10-15-7-16(11-20)9-17(8-15)12-20/h3-6,15-17,21H,2,7-13H2,1H3,(H,22,23)/p+1. The highest BCUT2D eigenvalue weighted by atomic mass is 16.1. The molecule has 3 nitrogen and oxygen atoms in total. The molecule has 0 atom stereocenters. The van der Waals surface area contributed by atoms with E-state index in [9.17, 15) is 4.79 Å². The van der Waals surface area contributed by atoms with Crippen molar-refractivity contribution >= 4 is 11.6 Å². The number of hydrogen-bond donors (Lipinski definition) is 2. The van der Waals surface area contributed by atoms with E-state index in [1.165, 1.54) is 44.1 Å². The molecule has 4 bridgehead atoms. The van der Waals surface area contributed by atoms with Crippen molar-refractivity contribution in [1.29, 1.82) is 0 Å². The van der Waals surface area contributed by atoms with Crippen molar-refractivity contribution in [1.82, 2.24) is 0 Å². The Kier molecular flexibility index (Phi) is 3.92. The summed E-state index contributed by atoms with van der Waals surface area (Å²) in [5.74, 6) is 2.98. The van der Waals surface area contributed by atoms with Crippen molar-refractivity contribution in [2.75, 3.05) is 11.9 Å². The van der Waals surface area contributed by atoms with Gasteiger partial charge in [-0.2, -0.15) is 0 Å². The van der Waals surface area contributed by atoms with Gasteiger partial charge in [0.05, 0.1) is 5.54 Å². The molecule has 124 valence electrons. The SMILES string of the molecule is CCc1ccc(NC(=O)C[NH2+]C23CC4CC(CC(C4)C2)C3)cc1. The van der Waals surface area contributed by atoms with Crippen molar-refractivity contribution in [2.24, 2.45) is 17.8 Å². The van der Waals surface area contributed by atoms with Crippen LogP contribution < -0.4 is 10.6 Å². The van der Waals surface area contributed by atoms with E-state index in [1.54, 1.807) is 0 Å². The van der Waals surface area contributed by atoms with Gasteiger partial charge in [-0.1, -0.05) is 19.1 Å². The van der Waals surface area contributed by atoms with Gasteiger partial charge in [0, 0.05) is 24.9 Å². The Morgan fingerprint density at radius 2 is 1.65 bits per heavy atom. The van der Waals surface area contributed by atoms with E-state index in [-0.39, 0.29) is 5.91 Å². The van der Waals surface area contributed by atoms with Gasteiger partial charge in [0.25, 0.3) is 5.91 Å². The topological polar surface area (TPSA) is 45.7 Å². The Morgan fingerprint density at radius 3 is 2.17 bits per heavy atom. The van der Waals surface area contributed by atoms with E-state index >= 15 is 0 Å². The molecule has 1 amide bonds. The van der Waals surface area contributed by atoms with Crippen molar-refractivity contribution in [3.63, 3.8) is 0 Å². The number of carbonyl (C=O) groups is 1. The largest absolute Gasteiger partial charge is 0.334 e. The summed E-state index contributed by atoms with van der Waals surface area (Å²) in [4.78, 5) is 12.3. The predicted octanol–water partition coefficient (Wildman–Crippen LogP) is 2.72. The Hall–Kier alpha value is -1.35. The highest BCUT2D eigenvalue weighted by Gasteiger charge is 2.53. The first-order valence-electron chi connectivity index (χ1n) is 9.37. The van der Waals surface area contributed by atoms with Crippen LogP contribution in [0.5, 0.6) is 0 Å². The normalized spacial score (nSPS) is 34.6. The number of rotatable bonds is 5. The number of aryl methyl sites for hydroxylation is 1. The zero-order valence-electron chi connectivity index (χ0n) is 14.2. The lowest BCUT2D eigenvalue weighted by molar-refractivity contribution is -0.729. The van der Waals surface area contributed by atoms with Crippen LogP contribution in [0.4, 0.5) is 5.69 Å². The summed E-state index contributed by atoms with van der Waals surface area (Å²) < 4.78 is 0. The Morgan fingerprint density at radius 1 is 1.09 bits per heavy atom. The molecule has 4 aliphatic carbocycles. The van der Waals surface area contributed by atoms with Crippen LogP contribution in [0.1, 0.15) is 51.0 Å². The van der Waals surface area contributed by atoms with Gasteiger partial charge in [-0.3, -0.25) is 4.79 Å². The van der Waals surface area contributed by atoms with Crippen molar-refractivity contribution in [3.05, 3.63) is 29.8 Å². The van der Waals surface area contributed by atoms with Crippen LogP contribution >= 0.6 is 0 Å². The van der Waals surface area contributed by atoms with E-state index in [1.807, 2.05) is 12.1 Å². The van der Waals surface area contributed by atoms with E-state index in [0.29, 0.717) is 12.1 Å². The van der Waals surface area contributed by atoms with Crippen molar-refractivity contribution < 1.29 is 10.1 Å². The maximum absolute atomic E-state index is 12.3. The summed E-state index contributed by atoms with van der Waals surface area (Å²) in [7, 11) is 0. The molecule has 0 radical (unpaired) electrons. The van der Waals surface area contributed by atoms with Crippen LogP contribution in [0, 0.1) is 17.8 Å². The third kappa shape index (κ3) is 3.16. The molecule has 3 heteroatoms. The zero-order valence-corrected chi connectivity index (χ0v) is 14.2. The van der Waals surface area contributed by atoms with E-state index in [2.05, 4.69) is 29.7 Å². The molecule has 1 aromatic carbocycles. The highest BCUT2D eigenvalue weighted by molar-refractivity contribution is 5.91. The first-order chi connectivity index (χ1) is 11.1. The lowest BCUT2D eigenvalue weighted by Gasteiger charge is -2.54. The summed E-state index contributed by atoms with van der Waals surface area (Å²) >= 11 is 0. The summed E-state index contributed by atoms with van der Waals surface area (Å²) in [6.45, 7) is 2.72. The molecule has 5 rings (SSSR count). The molecule has 0 saturated heterocycles. The molecule has 1 aromatic rings. The van der Waals surface area contributed by atoms with Crippen LogP contribution in [0.15, 0.2) is 24.3 Å². The first kappa shape index (κ1) is 15.2. The van der Waals surface area contributed by atoms with Crippen molar-refractivity contribution in [3.8, 4) is 0 Å². The number of hydrogen-bond acceptors (Lipinski definition) is 1. The van der Waals surface area contributed by atoms with Crippen LogP contribution in [-0.4, -0.2) is 18.0 Å². The molecular formula is C20H29N2O+. The maximum atomic E-state index is 12.3. The van der Waals surface area contributed by atoms with Gasteiger partial charge in [0.2, 0.25) is 0 Å². The number of nitrogens with one attached hydrogen (secondary N) is 1. The van der Waals surface area contributed by atoms with Gasteiger partial charge in [-0.15, -0.1) is 0 Å². The second kappa shape index (κ2) is 5.94. The Balaban J connectivity index is 1.32. The molecular weight excluding hydrogens is 284 g/mol. The fourth-order valence-corrected chi connectivity index (χ4v) is 5.77. The first-order valence-corrected chi connectivity index (χ1v) is 9.37. The van der Waals surface area contributed by atoms with Crippen molar-refractivity contribution in [2.45, 2.75) is 57.4 Å². The summed E-state index contributed by atoms with van der Waals surface area (Å²) in [6.07, 6.45) is 9.45. The molecule has 0 aromatic heterocycles.